The van der Waals surface area contributed by atoms with Crippen LogP contribution in [0.3, 0.4) is 0 Å². The van der Waals surface area contributed by atoms with Crippen molar-refractivity contribution in [1.82, 2.24) is 15.2 Å². The van der Waals surface area contributed by atoms with Crippen molar-refractivity contribution in [3.05, 3.63) is 0 Å². The van der Waals surface area contributed by atoms with Gasteiger partial charge >= 0.3 is 0 Å². The fourth-order valence-electron chi connectivity index (χ4n) is 4.83. The van der Waals surface area contributed by atoms with E-state index in [0.717, 1.165) is 19.3 Å². The maximum Gasteiger partial charge on any atom is 0.246 e. The lowest BCUT2D eigenvalue weighted by atomic mass is 9.77. The summed E-state index contributed by atoms with van der Waals surface area (Å²) in [6.07, 6.45) is 3.63. The monoisotopic (exact) mass is 456 g/mol. The van der Waals surface area contributed by atoms with Gasteiger partial charge in [-0.2, -0.15) is 5.48 Å². The van der Waals surface area contributed by atoms with Gasteiger partial charge in [-0.25, -0.2) is 18.1 Å². The Hall–Kier alpha value is -1.27. The molecule has 5 rings (SSSR count). The van der Waals surface area contributed by atoms with Crippen LogP contribution in [-0.4, -0.2) is 74.0 Å². The molecule has 174 valence electrons. The second kappa shape index (κ2) is 7.95. The van der Waals surface area contributed by atoms with Crippen LogP contribution in [0.5, 0.6) is 0 Å². The summed E-state index contributed by atoms with van der Waals surface area (Å²) in [4.78, 5) is 18.9. The minimum absolute atomic E-state index is 0.0585. The predicted molar refractivity (Wildman–Crippen MR) is 111 cm³/mol. The van der Waals surface area contributed by atoms with Gasteiger partial charge in [-0.3, -0.25) is 9.63 Å². The van der Waals surface area contributed by atoms with E-state index in [2.05, 4.69) is 15.3 Å². The highest BCUT2D eigenvalue weighted by Crippen LogP contribution is 2.41. The van der Waals surface area contributed by atoms with Gasteiger partial charge in [-0.1, -0.05) is 0 Å². The quantitative estimate of drug-likeness (QED) is 0.597. The number of fused-ring (bicyclic) bond motifs is 1. The van der Waals surface area contributed by atoms with Crippen molar-refractivity contribution >= 4 is 21.8 Å². The van der Waals surface area contributed by atoms with Gasteiger partial charge in [0.15, 0.2) is 0 Å². The number of carbonyl (C=O) groups excluding carboxylic acids is 1. The van der Waals surface area contributed by atoms with Gasteiger partial charge in [-0.15, -0.1) is 5.10 Å². The number of hydrogen-bond donors (Lipinski definition) is 2. The number of hydroxylamine groups is 1. The normalized spacial score (nSPS) is 37.7. The van der Waals surface area contributed by atoms with Gasteiger partial charge < -0.3 is 9.47 Å². The molecule has 2 aliphatic carbocycles. The SMILES string of the molecule is CC1CC(CN2N=C(OC3COC3)C3CCC(S(=O)(=O)NC4(C)CC4)CC3C2=O)ON1. The zero-order valence-corrected chi connectivity index (χ0v) is 18.9. The highest BCUT2D eigenvalue weighted by Gasteiger charge is 2.50. The molecule has 2 N–H and O–H groups in total. The van der Waals surface area contributed by atoms with Crippen LogP contribution < -0.4 is 10.2 Å². The molecule has 5 aliphatic rings. The zero-order valence-electron chi connectivity index (χ0n) is 18.1. The Morgan fingerprint density at radius 1 is 1.26 bits per heavy atom. The standard InChI is InChI=1S/C20H32N4O6S/c1-12-7-13(30-22-12)9-24-19(25)17-8-15(31(26,27)23-20(2)5-6-20)3-4-16(17)18(21-24)29-14-10-28-11-14/h12-17,22-23H,3-11H2,1-2H3. The molecule has 5 atom stereocenters. The summed E-state index contributed by atoms with van der Waals surface area (Å²) in [5.41, 5.74) is 2.61. The summed E-state index contributed by atoms with van der Waals surface area (Å²) in [7, 11) is -3.49. The Labute approximate surface area is 183 Å². The molecule has 3 aliphatic heterocycles. The number of nitrogens with zero attached hydrogens (tertiary/aromatic N) is 2. The lowest BCUT2D eigenvalue weighted by molar-refractivity contribution is -0.143. The Morgan fingerprint density at radius 2 is 2.03 bits per heavy atom. The van der Waals surface area contributed by atoms with Crippen LogP contribution >= 0.6 is 0 Å². The van der Waals surface area contributed by atoms with E-state index in [4.69, 9.17) is 14.3 Å². The minimum Gasteiger partial charge on any atom is -0.471 e. The average Bonchev–Trinajstić information content (AvgIpc) is 3.25. The largest absolute Gasteiger partial charge is 0.471 e. The van der Waals surface area contributed by atoms with E-state index in [1.807, 2.05) is 13.8 Å². The van der Waals surface area contributed by atoms with Crippen LogP contribution in [0, 0.1) is 11.8 Å². The second-order valence-corrected chi connectivity index (χ2v) is 11.9. The van der Waals surface area contributed by atoms with Gasteiger partial charge in [0, 0.05) is 17.5 Å². The molecular weight excluding hydrogens is 424 g/mol. The summed E-state index contributed by atoms with van der Waals surface area (Å²) in [5, 5.41) is 5.42. The van der Waals surface area contributed by atoms with Gasteiger partial charge in [-0.05, 0) is 52.4 Å². The molecule has 11 heteroatoms. The third kappa shape index (κ3) is 4.47. The number of amides is 1. The fraction of sp³-hybridized carbons (Fsp3) is 0.900. The molecule has 0 aromatic rings. The van der Waals surface area contributed by atoms with Crippen LogP contribution in [0.4, 0.5) is 0 Å². The van der Waals surface area contributed by atoms with Crippen molar-refractivity contribution < 1.29 is 27.5 Å². The smallest absolute Gasteiger partial charge is 0.246 e. The molecule has 2 saturated carbocycles. The number of rotatable bonds is 6. The van der Waals surface area contributed by atoms with Crippen molar-refractivity contribution in [2.75, 3.05) is 19.8 Å². The molecule has 0 spiro atoms. The van der Waals surface area contributed by atoms with E-state index in [1.54, 1.807) is 0 Å². The predicted octanol–water partition coefficient (Wildman–Crippen LogP) is 0.496. The third-order valence-corrected chi connectivity index (χ3v) is 9.14. The number of nitrogens with one attached hydrogen (secondary N) is 2. The first-order valence-corrected chi connectivity index (χ1v) is 12.9. The summed E-state index contributed by atoms with van der Waals surface area (Å²) < 4.78 is 40.1. The minimum atomic E-state index is -3.49. The molecule has 1 amide bonds. The number of hydrogen-bond acceptors (Lipinski definition) is 8. The van der Waals surface area contributed by atoms with E-state index in [9.17, 15) is 13.2 Å². The van der Waals surface area contributed by atoms with Crippen molar-refractivity contribution in [3.63, 3.8) is 0 Å². The molecule has 5 unspecified atom stereocenters. The summed E-state index contributed by atoms with van der Waals surface area (Å²) >= 11 is 0. The van der Waals surface area contributed by atoms with Crippen LogP contribution in [0.25, 0.3) is 0 Å². The molecule has 2 saturated heterocycles. The first-order chi connectivity index (χ1) is 14.7. The second-order valence-electron chi connectivity index (χ2n) is 9.99. The van der Waals surface area contributed by atoms with Crippen molar-refractivity contribution in [2.45, 2.75) is 81.4 Å². The summed E-state index contributed by atoms with van der Waals surface area (Å²) in [6.45, 7) is 5.29. The first kappa shape index (κ1) is 21.6. The molecule has 0 radical (unpaired) electrons. The van der Waals surface area contributed by atoms with E-state index in [0.29, 0.717) is 38.5 Å². The third-order valence-electron chi connectivity index (χ3n) is 7.06. The lowest BCUT2D eigenvalue weighted by Crippen LogP contribution is -2.54. The zero-order chi connectivity index (χ0) is 21.8. The highest BCUT2D eigenvalue weighted by atomic mass is 32.2. The Bertz CT molecular complexity index is 856. The first-order valence-electron chi connectivity index (χ1n) is 11.3. The van der Waals surface area contributed by atoms with Crippen molar-refractivity contribution in [2.24, 2.45) is 16.9 Å². The Balaban J connectivity index is 1.34. The van der Waals surface area contributed by atoms with E-state index in [1.165, 1.54) is 5.01 Å². The van der Waals surface area contributed by atoms with Gasteiger partial charge in [0.1, 0.15) is 12.2 Å². The number of ether oxygens (including phenoxy) is 2. The molecule has 31 heavy (non-hydrogen) atoms. The fourth-order valence-corrected chi connectivity index (χ4v) is 6.80. The van der Waals surface area contributed by atoms with Crippen molar-refractivity contribution in [1.29, 1.82) is 0 Å². The van der Waals surface area contributed by atoms with E-state index in [-0.39, 0.29) is 42.0 Å². The average molecular weight is 457 g/mol. The summed E-state index contributed by atoms with van der Waals surface area (Å²) in [5.74, 6) is -0.241. The number of sulfonamides is 1. The van der Waals surface area contributed by atoms with Gasteiger partial charge in [0.25, 0.3) is 0 Å². The lowest BCUT2D eigenvalue weighted by Gasteiger charge is -2.42. The molecule has 0 aromatic heterocycles. The molecule has 10 nitrogen and oxygen atoms in total. The van der Waals surface area contributed by atoms with E-state index >= 15 is 0 Å². The number of carbonyl (C=O) groups is 1. The summed E-state index contributed by atoms with van der Waals surface area (Å²) in [6, 6.07) is 0.212. The number of hydrazone groups is 1. The van der Waals surface area contributed by atoms with Crippen LogP contribution in [0.2, 0.25) is 0 Å². The molecule has 3 heterocycles. The Kier molecular flexibility index (Phi) is 5.53. The van der Waals surface area contributed by atoms with Crippen LogP contribution in [0.15, 0.2) is 5.10 Å². The van der Waals surface area contributed by atoms with Gasteiger partial charge in [0.05, 0.1) is 30.9 Å². The van der Waals surface area contributed by atoms with Crippen LogP contribution in [-0.2, 0) is 29.1 Å². The van der Waals surface area contributed by atoms with Crippen molar-refractivity contribution in [3.8, 4) is 0 Å². The van der Waals surface area contributed by atoms with E-state index < -0.39 is 21.2 Å². The van der Waals surface area contributed by atoms with Crippen LogP contribution in [0.1, 0.15) is 52.4 Å². The maximum atomic E-state index is 13.4. The molecular formula is C20H32N4O6S. The molecule has 4 fully saturated rings. The topological polar surface area (TPSA) is 119 Å². The maximum absolute atomic E-state index is 13.4. The molecule has 0 bridgehead atoms. The van der Waals surface area contributed by atoms with Gasteiger partial charge in [0.2, 0.25) is 21.8 Å². The molecule has 0 aromatic carbocycles. The Morgan fingerprint density at radius 3 is 2.65 bits per heavy atom. The highest BCUT2D eigenvalue weighted by molar-refractivity contribution is 7.90.